The van der Waals surface area contributed by atoms with Crippen molar-refractivity contribution in [2.24, 2.45) is 11.7 Å². The van der Waals surface area contributed by atoms with E-state index in [0.717, 1.165) is 75.1 Å². The number of para-hydroxylation sites is 1. The first kappa shape index (κ1) is 29.3. The van der Waals surface area contributed by atoms with E-state index in [0.29, 0.717) is 12.3 Å². The number of anilines is 1. The Morgan fingerprint density at radius 2 is 1.62 bits per heavy atom. The summed E-state index contributed by atoms with van der Waals surface area (Å²) in [6.45, 7) is 3.77. The van der Waals surface area contributed by atoms with Gasteiger partial charge in [-0.05, 0) is 62.5 Å². The summed E-state index contributed by atoms with van der Waals surface area (Å²) in [7, 11) is 0. The second-order valence-corrected chi connectivity index (χ2v) is 10.8. The molecule has 3 amide bonds. The highest BCUT2D eigenvalue weighted by molar-refractivity contribution is 5.93. The van der Waals surface area contributed by atoms with E-state index in [1.165, 1.54) is 0 Å². The molecule has 2 aliphatic heterocycles. The molecule has 3 heterocycles. The second kappa shape index (κ2) is 14.2. The lowest BCUT2D eigenvalue weighted by atomic mass is 9.96. The predicted octanol–water partition coefficient (Wildman–Crippen LogP) is 4.42. The fraction of sp³-hybridized carbons (Fsp3) is 0.406. The summed E-state index contributed by atoms with van der Waals surface area (Å²) in [5.74, 6) is 0.202. The number of hydrazine groups is 1. The van der Waals surface area contributed by atoms with Crippen LogP contribution in [0, 0.1) is 5.92 Å². The summed E-state index contributed by atoms with van der Waals surface area (Å²) in [4.78, 5) is 39.8. The van der Waals surface area contributed by atoms with E-state index >= 15 is 0 Å². The predicted molar refractivity (Wildman–Crippen MR) is 159 cm³/mol. The van der Waals surface area contributed by atoms with Crippen LogP contribution < -0.4 is 16.1 Å². The quantitative estimate of drug-likeness (QED) is 0.345. The Hall–Kier alpha value is -4.15. The molecule has 10 heteroatoms. The molecular weight excluding hydrogens is 534 g/mol. The van der Waals surface area contributed by atoms with Crippen LogP contribution in [0.1, 0.15) is 48.4 Å². The summed E-state index contributed by atoms with van der Waals surface area (Å²) in [5.41, 5.74) is 8.15. The molecule has 10 nitrogen and oxygen atoms in total. The summed E-state index contributed by atoms with van der Waals surface area (Å²) < 4.78 is 11.4. The van der Waals surface area contributed by atoms with Crippen LogP contribution in [0.3, 0.4) is 0 Å². The molecule has 2 aliphatic rings. The Morgan fingerprint density at radius 3 is 2.36 bits per heavy atom. The minimum Gasteiger partial charge on any atom is -0.455 e. The molecule has 0 aliphatic carbocycles. The van der Waals surface area contributed by atoms with Crippen LogP contribution in [-0.2, 0) is 16.1 Å². The molecular formula is C32H39N5O5. The van der Waals surface area contributed by atoms with Crippen molar-refractivity contribution in [3.63, 3.8) is 0 Å². The van der Waals surface area contributed by atoms with Crippen molar-refractivity contribution >= 4 is 23.6 Å². The maximum absolute atomic E-state index is 13.5. The number of ether oxygens (including phenoxy) is 1. The number of hydrogen-bond acceptors (Lipinski definition) is 7. The molecule has 2 saturated heterocycles. The molecule has 0 saturated carbocycles. The van der Waals surface area contributed by atoms with Gasteiger partial charge < -0.3 is 20.2 Å². The minimum absolute atomic E-state index is 0.0186. The van der Waals surface area contributed by atoms with E-state index in [1.54, 1.807) is 17.1 Å². The third-order valence-electron chi connectivity index (χ3n) is 7.87. The van der Waals surface area contributed by atoms with Gasteiger partial charge >= 0.3 is 6.09 Å². The first-order valence-corrected chi connectivity index (χ1v) is 14.7. The average molecular weight is 574 g/mol. The molecule has 3 N–H and O–H groups in total. The number of benzene rings is 2. The van der Waals surface area contributed by atoms with E-state index < -0.39 is 6.09 Å². The van der Waals surface area contributed by atoms with E-state index in [4.69, 9.17) is 14.9 Å². The van der Waals surface area contributed by atoms with Crippen molar-refractivity contribution in [2.45, 2.75) is 38.6 Å². The fourth-order valence-corrected chi connectivity index (χ4v) is 5.60. The van der Waals surface area contributed by atoms with Gasteiger partial charge in [-0.15, -0.1) is 0 Å². The number of piperidine rings is 2. The third-order valence-corrected chi connectivity index (χ3v) is 7.87. The molecule has 0 bridgehead atoms. The molecule has 1 aromatic heterocycles. The van der Waals surface area contributed by atoms with Crippen LogP contribution in [-0.4, -0.2) is 67.1 Å². The van der Waals surface area contributed by atoms with E-state index in [9.17, 15) is 14.4 Å². The highest BCUT2D eigenvalue weighted by atomic mass is 16.6. The highest BCUT2D eigenvalue weighted by Gasteiger charge is 2.28. The number of carbonyl (C=O) groups excluding carboxylic acids is 3. The molecule has 3 aromatic rings. The number of amides is 3. The Morgan fingerprint density at radius 1 is 0.905 bits per heavy atom. The van der Waals surface area contributed by atoms with Crippen LogP contribution in [0.15, 0.2) is 71.1 Å². The molecule has 2 aromatic carbocycles. The summed E-state index contributed by atoms with van der Waals surface area (Å²) >= 11 is 0. The summed E-state index contributed by atoms with van der Waals surface area (Å²) in [6.07, 6.45) is 4.13. The van der Waals surface area contributed by atoms with Gasteiger partial charge in [-0.25, -0.2) is 14.8 Å². The minimum atomic E-state index is -0.477. The summed E-state index contributed by atoms with van der Waals surface area (Å²) in [5, 5.41) is 6.47. The monoisotopic (exact) mass is 573 g/mol. The van der Waals surface area contributed by atoms with Gasteiger partial charge in [0.2, 0.25) is 5.91 Å². The maximum atomic E-state index is 13.5. The van der Waals surface area contributed by atoms with E-state index in [1.807, 2.05) is 59.6 Å². The van der Waals surface area contributed by atoms with Crippen molar-refractivity contribution in [3.8, 4) is 11.1 Å². The first-order valence-electron chi connectivity index (χ1n) is 14.7. The number of carbonyl (C=O) groups is 3. The van der Waals surface area contributed by atoms with E-state index in [2.05, 4.69) is 10.2 Å². The van der Waals surface area contributed by atoms with Gasteiger partial charge in [-0.2, -0.15) is 0 Å². The molecule has 222 valence electrons. The highest BCUT2D eigenvalue weighted by Crippen LogP contribution is 2.33. The van der Waals surface area contributed by atoms with Crippen molar-refractivity contribution in [3.05, 3.63) is 78.3 Å². The second-order valence-electron chi connectivity index (χ2n) is 10.8. The van der Waals surface area contributed by atoms with Gasteiger partial charge in [0, 0.05) is 24.6 Å². The zero-order valence-corrected chi connectivity index (χ0v) is 23.9. The van der Waals surface area contributed by atoms with Crippen LogP contribution in [0.5, 0.6) is 0 Å². The average Bonchev–Trinajstić information content (AvgIpc) is 3.49. The molecule has 0 atom stereocenters. The SMILES string of the molecule is NC(=O)C1CCN(Cc2ccc(C(=O)NCCOC(=O)N(c3ccccc3-c3ccccc3)N3CCCCC3)o2)CC1. The number of nitrogens with one attached hydrogen (secondary N) is 1. The molecule has 0 unspecified atom stereocenters. The maximum Gasteiger partial charge on any atom is 0.429 e. The lowest BCUT2D eigenvalue weighted by Crippen LogP contribution is -2.50. The Balaban J connectivity index is 1.15. The number of furan rings is 1. The Labute approximate surface area is 246 Å². The van der Waals surface area contributed by atoms with Crippen LogP contribution in [0.25, 0.3) is 11.1 Å². The van der Waals surface area contributed by atoms with Gasteiger partial charge in [0.15, 0.2) is 5.76 Å². The van der Waals surface area contributed by atoms with Crippen molar-refractivity contribution in [1.29, 1.82) is 0 Å². The standard InChI is InChI=1S/C32H39N5O5/c33-30(38)25-15-20-35(21-16-25)23-26-13-14-29(42-26)31(39)34-17-22-41-32(40)37(36-18-7-2-8-19-36)28-12-6-5-11-27(28)24-9-3-1-4-10-24/h1,3-6,9-14,25H,2,7-8,15-23H2,(H2,33,38)(H,34,39). The lowest BCUT2D eigenvalue weighted by Gasteiger charge is -2.37. The first-order chi connectivity index (χ1) is 20.5. The van der Waals surface area contributed by atoms with Gasteiger partial charge in [-0.3, -0.25) is 14.5 Å². The number of hydrogen-bond donors (Lipinski definition) is 2. The zero-order valence-electron chi connectivity index (χ0n) is 23.9. The molecule has 0 radical (unpaired) electrons. The topological polar surface area (TPSA) is 121 Å². The molecule has 42 heavy (non-hydrogen) atoms. The molecule has 5 rings (SSSR count). The smallest absolute Gasteiger partial charge is 0.429 e. The van der Waals surface area contributed by atoms with E-state index in [-0.39, 0.29) is 36.6 Å². The van der Waals surface area contributed by atoms with Crippen LogP contribution >= 0.6 is 0 Å². The number of nitrogens with two attached hydrogens (primary N) is 1. The van der Waals surface area contributed by atoms with Crippen molar-refractivity contribution in [2.75, 3.05) is 44.3 Å². The zero-order chi connectivity index (χ0) is 29.3. The van der Waals surface area contributed by atoms with Gasteiger partial charge in [0.05, 0.1) is 18.8 Å². The van der Waals surface area contributed by atoms with Crippen LogP contribution in [0.4, 0.5) is 10.5 Å². The number of primary amides is 1. The van der Waals surface area contributed by atoms with Gasteiger partial charge in [-0.1, -0.05) is 55.0 Å². The van der Waals surface area contributed by atoms with Gasteiger partial charge in [0.25, 0.3) is 5.91 Å². The largest absolute Gasteiger partial charge is 0.455 e. The fourth-order valence-electron chi connectivity index (χ4n) is 5.60. The number of rotatable bonds is 10. The van der Waals surface area contributed by atoms with Gasteiger partial charge in [0.1, 0.15) is 12.4 Å². The summed E-state index contributed by atoms with van der Waals surface area (Å²) in [6, 6.07) is 21.3. The third kappa shape index (κ3) is 7.37. The Kier molecular flexibility index (Phi) is 9.89. The van der Waals surface area contributed by atoms with Crippen LogP contribution in [0.2, 0.25) is 0 Å². The van der Waals surface area contributed by atoms with Crippen molar-refractivity contribution in [1.82, 2.24) is 15.2 Å². The van der Waals surface area contributed by atoms with Crippen molar-refractivity contribution < 1.29 is 23.5 Å². The molecule has 2 fully saturated rings. The number of likely N-dealkylation sites (tertiary alicyclic amines) is 1. The normalized spacial score (nSPS) is 16.6. The number of nitrogens with zero attached hydrogens (tertiary/aromatic N) is 3. The molecule has 0 spiro atoms. The lowest BCUT2D eigenvalue weighted by molar-refractivity contribution is -0.123. The Bertz CT molecular complexity index is 1350.